The van der Waals surface area contributed by atoms with Gasteiger partial charge in [-0.15, -0.1) is 11.3 Å². The van der Waals surface area contributed by atoms with Crippen LogP contribution >= 0.6 is 23.1 Å². The van der Waals surface area contributed by atoms with Crippen LogP contribution in [0.3, 0.4) is 0 Å². The molecule has 6 nitrogen and oxygen atoms in total. The summed E-state index contributed by atoms with van der Waals surface area (Å²) in [5.74, 6) is 0.457. The fourth-order valence-electron chi connectivity index (χ4n) is 5.89. The summed E-state index contributed by atoms with van der Waals surface area (Å²) in [4.78, 5) is 32.9. The van der Waals surface area contributed by atoms with Gasteiger partial charge in [-0.1, -0.05) is 20.8 Å². The van der Waals surface area contributed by atoms with Crippen molar-refractivity contribution in [1.82, 2.24) is 9.88 Å². The molecule has 1 saturated carbocycles. The molecule has 1 aromatic rings. The minimum atomic E-state index is -0.535. The monoisotopic (exact) mass is 467 g/mol. The minimum Gasteiger partial charge on any atom is -0.392 e. The van der Waals surface area contributed by atoms with Crippen molar-refractivity contribution in [2.45, 2.75) is 65.9 Å². The first kappa shape index (κ1) is 24.5. The van der Waals surface area contributed by atoms with Crippen molar-refractivity contribution in [2.75, 3.05) is 30.4 Å². The number of hydrogen-bond donors (Lipinski definition) is 2. The van der Waals surface area contributed by atoms with Crippen molar-refractivity contribution in [1.29, 1.82) is 0 Å². The number of hydrogen-bond acceptors (Lipinski definition) is 6. The van der Waals surface area contributed by atoms with E-state index in [2.05, 4.69) is 19.2 Å². The molecule has 1 aromatic heterocycles. The second-order valence-electron chi connectivity index (χ2n) is 9.45. The summed E-state index contributed by atoms with van der Waals surface area (Å²) in [5.41, 5.74) is 0.988. The quantitative estimate of drug-likeness (QED) is 0.633. The van der Waals surface area contributed by atoms with Crippen LogP contribution in [0.1, 0.15) is 63.9 Å². The predicted molar refractivity (Wildman–Crippen MR) is 129 cm³/mol. The van der Waals surface area contributed by atoms with Gasteiger partial charge in [-0.25, -0.2) is 4.98 Å². The molecule has 31 heavy (non-hydrogen) atoms. The Labute approximate surface area is 194 Å². The number of nitrogens with one attached hydrogen (secondary N) is 1. The van der Waals surface area contributed by atoms with E-state index in [1.54, 1.807) is 11.3 Å². The first-order chi connectivity index (χ1) is 14.7. The maximum absolute atomic E-state index is 13.0. The van der Waals surface area contributed by atoms with E-state index in [4.69, 9.17) is 4.98 Å². The normalized spacial score (nSPS) is 30.8. The number of thiazole rings is 1. The zero-order chi connectivity index (χ0) is 22.9. The van der Waals surface area contributed by atoms with Gasteiger partial charge in [-0.05, 0) is 56.6 Å². The Kier molecular flexibility index (Phi) is 7.75. The maximum atomic E-state index is 13.0. The first-order valence-corrected chi connectivity index (χ1v) is 13.6. The number of aliphatic hydroxyl groups excluding tert-OH is 1. The fraction of sp³-hybridized carbons (Fsp3) is 0.783. The zero-order valence-electron chi connectivity index (χ0n) is 19.6. The second-order valence-corrected chi connectivity index (χ2v) is 11.4. The number of aliphatic hydroxyl groups is 1. The lowest BCUT2D eigenvalue weighted by Crippen LogP contribution is -2.53. The Morgan fingerprint density at radius 1 is 1.39 bits per heavy atom. The van der Waals surface area contributed by atoms with Crippen LogP contribution in [0.15, 0.2) is 0 Å². The largest absolute Gasteiger partial charge is 0.392 e. The molecule has 3 rings (SSSR count). The van der Waals surface area contributed by atoms with Crippen LogP contribution in [-0.2, 0) is 16.0 Å². The number of carbonyl (C=O) groups is 2. The van der Waals surface area contributed by atoms with E-state index < -0.39 is 6.10 Å². The van der Waals surface area contributed by atoms with Crippen molar-refractivity contribution in [3.63, 3.8) is 0 Å². The molecule has 174 valence electrons. The van der Waals surface area contributed by atoms with E-state index in [0.29, 0.717) is 24.0 Å². The average Bonchev–Trinajstić information content (AvgIpc) is 3.10. The first-order valence-electron chi connectivity index (χ1n) is 11.4. The summed E-state index contributed by atoms with van der Waals surface area (Å²) in [6.45, 7) is 11.8. The van der Waals surface area contributed by atoms with Crippen LogP contribution in [0.5, 0.6) is 0 Å². The number of aromatic nitrogens is 1. The topological polar surface area (TPSA) is 82.5 Å². The number of rotatable bonds is 7. The molecule has 0 bridgehead atoms. The SMILES string of the molecule is CCN(CC)C(=O)[C@@H](C)[C@H]1CC[C@]2(C)Cc3sc(NC(=O)CSC)nc3[C@@H](C)[C@@H]2[C@H]1O. The van der Waals surface area contributed by atoms with E-state index >= 15 is 0 Å². The van der Waals surface area contributed by atoms with E-state index in [1.807, 2.05) is 31.9 Å². The highest BCUT2D eigenvalue weighted by Gasteiger charge is 2.54. The Morgan fingerprint density at radius 3 is 2.68 bits per heavy atom. The van der Waals surface area contributed by atoms with Gasteiger partial charge < -0.3 is 15.3 Å². The molecule has 1 heterocycles. The summed E-state index contributed by atoms with van der Waals surface area (Å²) in [6.07, 6.45) is 4.10. The van der Waals surface area contributed by atoms with Gasteiger partial charge in [-0.3, -0.25) is 9.59 Å². The van der Waals surface area contributed by atoms with Crippen LogP contribution in [0.2, 0.25) is 0 Å². The van der Waals surface area contributed by atoms with Crippen LogP contribution in [0.4, 0.5) is 5.13 Å². The Morgan fingerprint density at radius 2 is 2.06 bits per heavy atom. The number of nitrogens with zero attached hydrogens (tertiary/aromatic N) is 2. The van der Waals surface area contributed by atoms with Gasteiger partial charge in [0.2, 0.25) is 11.8 Å². The van der Waals surface area contributed by atoms with Crippen molar-refractivity contribution in [3.05, 3.63) is 10.6 Å². The van der Waals surface area contributed by atoms with E-state index in [9.17, 15) is 14.7 Å². The second kappa shape index (κ2) is 9.79. The molecule has 2 N–H and O–H groups in total. The van der Waals surface area contributed by atoms with Crippen LogP contribution in [0, 0.1) is 23.2 Å². The minimum absolute atomic E-state index is 0.0205. The number of fused-ring (bicyclic) bond motifs is 2. The molecular weight excluding hydrogens is 430 g/mol. The lowest BCUT2D eigenvalue weighted by atomic mass is 9.53. The molecule has 2 aliphatic rings. The molecule has 2 aliphatic carbocycles. The fourth-order valence-corrected chi connectivity index (χ4v) is 7.51. The Bertz CT molecular complexity index is 810. The lowest BCUT2D eigenvalue weighted by Gasteiger charge is -2.53. The third kappa shape index (κ3) is 4.67. The molecule has 6 atom stereocenters. The van der Waals surface area contributed by atoms with Crippen molar-refractivity contribution < 1.29 is 14.7 Å². The van der Waals surface area contributed by atoms with Crippen LogP contribution in [0.25, 0.3) is 0 Å². The number of amides is 2. The van der Waals surface area contributed by atoms with E-state index in [0.717, 1.165) is 25.0 Å². The highest BCUT2D eigenvalue weighted by Crippen LogP contribution is 2.57. The van der Waals surface area contributed by atoms with Gasteiger partial charge in [-0.2, -0.15) is 11.8 Å². The molecule has 0 aromatic carbocycles. The molecular formula is C23H37N3O3S2. The summed E-state index contributed by atoms with van der Waals surface area (Å²) in [5, 5.41) is 15.1. The standard InChI is InChI=1S/C23H37N3O3S2/c1-7-26(8-2)21(29)13(3)15-9-10-23(5)11-16-19(14(4)18(23)20(15)28)25-22(31-16)24-17(27)12-30-6/h13-15,18,20,28H,7-12H2,1-6H3,(H,24,25,27)/t13-,14-,15+,18+,20-,23+/m0/s1. The molecule has 0 radical (unpaired) electrons. The Balaban J connectivity index is 1.83. The van der Waals surface area contributed by atoms with Crippen molar-refractivity contribution >= 4 is 40.0 Å². The molecule has 0 spiro atoms. The molecule has 8 heteroatoms. The van der Waals surface area contributed by atoms with Gasteiger partial charge in [0.05, 0.1) is 17.6 Å². The molecule has 0 unspecified atom stereocenters. The third-order valence-electron chi connectivity index (χ3n) is 7.55. The lowest BCUT2D eigenvalue weighted by molar-refractivity contribution is -0.144. The number of anilines is 1. The third-order valence-corrected chi connectivity index (χ3v) is 9.09. The van der Waals surface area contributed by atoms with Gasteiger partial charge in [0.1, 0.15) is 0 Å². The highest BCUT2D eigenvalue weighted by atomic mass is 32.2. The number of carbonyl (C=O) groups excluding carboxylic acids is 2. The maximum Gasteiger partial charge on any atom is 0.236 e. The van der Waals surface area contributed by atoms with Crippen molar-refractivity contribution in [2.24, 2.45) is 23.2 Å². The van der Waals surface area contributed by atoms with Crippen molar-refractivity contribution in [3.8, 4) is 0 Å². The summed E-state index contributed by atoms with van der Waals surface area (Å²) in [7, 11) is 0. The highest BCUT2D eigenvalue weighted by molar-refractivity contribution is 7.99. The van der Waals surface area contributed by atoms with Crippen LogP contribution < -0.4 is 5.32 Å². The molecule has 2 amide bonds. The molecule has 0 aliphatic heterocycles. The van der Waals surface area contributed by atoms with Gasteiger partial charge in [0.15, 0.2) is 5.13 Å². The molecule has 0 saturated heterocycles. The van der Waals surface area contributed by atoms with Gasteiger partial charge in [0.25, 0.3) is 0 Å². The summed E-state index contributed by atoms with van der Waals surface area (Å²) in [6, 6.07) is 0. The van der Waals surface area contributed by atoms with E-state index in [-0.39, 0.29) is 40.9 Å². The summed E-state index contributed by atoms with van der Waals surface area (Å²) >= 11 is 3.07. The number of thioether (sulfide) groups is 1. The Hall–Kier alpha value is -1.12. The predicted octanol–water partition coefficient (Wildman–Crippen LogP) is 4.00. The summed E-state index contributed by atoms with van der Waals surface area (Å²) < 4.78 is 0. The van der Waals surface area contributed by atoms with Gasteiger partial charge >= 0.3 is 0 Å². The van der Waals surface area contributed by atoms with Gasteiger partial charge in [0, 0.05) is 29.8 Å². The smallest absolute Gasteiger partial charge is 0.236 e. The average molecular weight is 468 g/mol. The molecule has 1 fully saturated rings. The van der Waals surface area contributed by atoms with Crippen LogP contribution in [-0.4, -0.2) is 58.0 Å². The van der Waals surface area contributed by atoms with E-state index in [1.165, 1.54) is 16.6 Å². The zero-order valence-corrected chi connectivity index (χ0v) is 21.2.